The maximum atomic E-state index is 11.0. The SMILES string of the molecule is COC(=O)COc1c(CN)cccc1OC. The number of benzene rings is 1. The maximum absolute atomic E-state index is 11.0. The van der Waals surface area contributed by atoms with Gasteiger partial charge >= 0.3 is 5.97 Å². The molecule has 0 saturated heterocycles. The molecule has 88 valence electrons. The summed E-state index contributed by atoms with van der Waals surface area (Å²) in [7, 11) is 2.83. The molecule has 0 aliphatic carbocycles. The largest absolute Gasteiger partial charge is 0.493 e. The summed E-state index contributed by atoms with van der Waals surface area (Å²) in [6, 6.07) is 5.37. The highest BCUT2D eigenvalue weighted by Gasteiger charge is 2.11. The van der Waals surface area contributed by atoms with E-state index in [1.165, 1.54) is 14.2 Å². The molecule has 0 bridgehead atoms. The number of rotatable bonds is 5. The van der Waals surface area contributed by atoms with E-state index in [2.05, 4.69) is 4.74 Å². The number of ether oxygens (including phenoxy) is 3. The van der Waals surface area contributed by atoms with Gasteiger partial charge in [0, 0.05) is 12.1 Å². The molecule has 0 amide bonds. The van der Waals surface area contributed by atoms with Gasteiger partial charge in [-0.2, -0.15) is 0 Å². The quantitative estimate of drug-likeness (QED) is 0.747. The molecule has 0 saturated carbocycles. The van der Waals surface area contributed by atoms with Crippen molar-refractivity contribution in [2.75, 3.05) is 20.8 Å². The highest BCUT2D eigenvalue weighted by atomic mass is 16.6. The van der Waals surface area contributed by atoms with Crippen molar-refractivity contribution in [1.82, 2.24) is 0 Å². The van der Waals surface area contributed by atoms with Crippen LogP contribution < -0.4 is 15.2 Å². The molecule has 5 nitrogen and oxygen atoms in total. The first-order valence-corrected chi connectivity index (χ1v) is 4.78. The van der Waals surface area contributed by atoms with Gasteiger partial charge in [-0.3, -0.25) is 0 Å². The number of carbonyl (C=O) groups excluding carboxylic acids is 1. The first-order valence-electron chi connectivity index (χ1n) is 4.78. The lowest BCUT2D eigenvalue weighted by molar-refractivity contribution is -0.142. The van der Waals surface area contributed by atoms with Crippen molar-refractivity contribution < 1.29 is 19.0 Å². The molecule has 0 heterocycles. The van der Waals surface area contributed by atoms with Gasteiger partial charge in [0.2, 0.25) is 0 Å². The van der Waals surface area contributed by atoms with Crippen molar-refractivity contribution in [3.8, 4) is 11.5 Å². The minimum atomic E-state index is -0.450. The fraction of sp³-hybridized carbons (Fsp3) is 0.364. The van der Waals surface area contributed by atoms with Crippen LogP contribution >= 0.6 is 0 Å². The van der Waals surface area contributed by atoms with E-state index in [0.717, 1.165) is 5.56 Å². The minimum Gasteiger partial charge on any atom is -0.493 e. The number of methoxy groups -OCH3 is 2. The average Bonchev–Trinajstić information content (AvgIpc) is 2.35. The molecule has 0 fully saturated rings. The smallest absolute Gasteiger partial charge is 0.343 e. The molecule has 1 aromatic carbocycles. The fourth-order valence-corrected chi connectivity index (χ4v) is 1.24. The summed E-state index contributed by atoms with van der Waals surface area (Å²) < 4.78 is 14.9. The van der Waals surface area contributed by atoms with Crippen LogP contribution in [-0.4, -0.2) is 26.8 Å². The predicted molar refractivity (Wildman–Crippen MR) is 58.4 cm³/mol. The molecular formula is C11H15NO4. The minimum absolute atomic E-state index is 0.163. The van der Waals surface area contributed by atoms with Gasteiger partial charge in [-0.15, -0.1) is 0 Å². The highest BCUT2D eigenvalue weighted by Crippen LogP contribution is 2.30. The first-order chi connectivity index (χ1) is 7.72. The number of hydrogen-bond donors (Lipinski definition) is 1. The van der Waals surface area contributed by atoms with Crippen molar-refractivity contribution in [3.63, 3.8) is 0 Å². The van der Waals surface area contributed by atoms with Crippen LogP contribution in [0.2, 0.25) is 0 Å². The third-order valence-electron chi connectivity index (χ3n) is 2.06. The predicted octanol–water partition coefficient (Wildman–Crippen LogP) is 0.706. The third kappa shape index (κ3) is 2.87. The summed E-state index contributed by atoms with van der Waals surface area (Å²) in [4.78, 5) is 11.0. The molecule has 0 unspecified atom stereocenters. The number of carbonyl (C=O) groups is 1. The monoisotopic (exact) mass is 225 g/mol. The summed E-state index contributed by atoms with van der Waals surface area (Å²) >= 11 is 0. The summed E-state index contributed by atoms with van der Waals surface area (Å²) in [6.07, 6.45) is 0. The van der Waals surface area contributed by atoms with E-state index >= 15 is 0 Å². The zero-order chi connectivity index (χ0) is 12.0. The van der Waals surface area contributed by atoms with Gasteiger partial charge in [0.25, 0.3) is 0 Å². The lowest BCUT2D eigenvalue weighted by atomic mass is 10.2. The summed E-state index contributed by atoms with van der Waals surface area (Å²) in [5, 5.41) is 0. The van der Waals surface area contributed by atoms with Crippen LogP contribution in [-0.2, 0) is 16.1 Å². The lowest BCUT2D eigenvalue weighted by Crippen LogP contribution is -2.14. The second-order valence-corrected chi connectivity index (χ2v) is 3.02. The van der Waals surface area contributed by atoms with E-state index < -0.39 is 5.97 Å². The second-order valence-electron chi connectivity index (χ2n) is 3.02. The van der Waals surface area contributed by atoms with Crippen LogP contribution in [0, 0.1) is 0 Å². The first kappa shape index (κ1) is 12.3. The Morgan fingerprint density at radius 3 is 2.69 bits per heavy atom. The topological polar surface area (TPSA) is 70.8 Å². The van der Waals surface area contributed by atoms with Crippen molar-refractivity contribution in [1.29, 1.82) is 0 Å². The highest BCUT2D eigenvalue weighted by molar-refractivity contribution is 5.71. The van der Waals surface area contributed by atoms with Gasteiger partial charge in [-0.25, -0.2) is 4.79 Å². The number of esters is 1. The Balaban J connectivity index is 2.86. The summed E-state index contributed by atoms with van der Waals surface area (Å²) in [5.41, 5.74) is 6.34. The summed E-state index contributed by atoms with van der Waals surface area (Å²) in [5.74, 6) is 0.582. The van der Waals surface area contributed by atoms with Crippen molar-refractivity contribution in [3.05, 3.63) is 23.8 Å². The molecule has 5 heteroatoms. The van der Waals surface area contributed by atoms with Gasteiger partial charge in [0.05, 0.1) is 14.2 Å². The lowest BCUT2D eigenvalue weighted by Gasteiger charge is -2.13. The van der Waals surface area contributed by atoms with E-state index in [9.17, 15) is 4.79 Å². The Kier molecular flexibility index (Phi) is 4.60. The molecular weight excluding hydrogens is 210 g/mol. The Bertz CT molecular complexity index is 343. The van der Waals surface area contributed by atoms with Crippen LogP contribution in [0.5, 0.6) is 11.5 Å². The fourth-order valence-electron chi connectivity index (χ4n) is 1.24. The van der Waals surface area contributed by atoms with E-state index in [4.69, 9.17) is 15.2 Å². The normalized spacial score (nSPS) is 9.69. The van der Waals surface area contributed by atoms with Gasteiger partial charge < -0.3 is 19.9 Å². The molecule has 2 N–H and O–H groups in total. The Labute approximate surface area is 94.1 Å². The third-order valence-corrected chi connectivity index (χ3v) is 2.06. The van der Waals surface area contributed by atoms with Gasteiger partial charge in [-0.1, -0.05) is 12.1 Å². The molecule has 0 spiro atoms. The molecule has 1 rings (SSSR count). The van der Waals surface area contributed by atoms with Crippen LogP contribution in [0.1, 0.15) is 5.56 Å². The summed E-state index contributed by atoms with van der Waals surface area (Å²) in [6.45, 7) is 0.150. The Morgan fingerprint density at radius 1 is 1.38 bits per heavy atom. The molecule has 0 atom stereocenters. The number of nitrogens with two attached hydrogens (primary N) is 1. The van der Waals surface area contributed by atoms with Crippen molar-refractivity contribution in [2.24, 2.45) is 5.73 Å². The number of para-hydroxylation sites is 1. The molecule has 0 aliphatic heterocycles. The molecule has 0 aromatic heterocycles. The molecule has 0 radical (unpaired) electrons. The standard InChI is InChI=1S/C11H15NO4/c1-14-9-5-3-4-8(6-12)11(9)16-7-10(13)15-2/h3-5H,6-7,12H2,1-2H3. The van der Waals surface area contributed by atoms with Gasteiger partial charge in [0.15, 0.2) is 18.1 Å². The van der Waals surface area contributed by atoms with Crippen LogP contribution in [0.3, 0.4) is 0 Å². The van der Waals surface area contributed by atoms with Crippen molar-refractivity contribution >= 4 is 5.97 Å². The zero-order valence-electron chi connectivity index (χ0n) is 9.36. The van der Waals surface area contributed by atoms with Gasteiger partial charge in [0.1, 0.15) is 0 Å². The maximum Gasteiger partial charge on any atom is 0.343 e. The van der Waals surface area contributed by atoms with Crippen LogP contribution in [0.15, 0.2) is 18.2 Å². The average molecular weight is 225 g/mol. The van der Waals surface area contributed by atoms with Gasteiger partial charge in [-0.05, 0) is 6.07 Å². The van der Waals surface area contributed by atoms with Crippen LogP contribution in [0.25, 0.3) is 0 Å². The molecule has 0 aliphatic rings. The van der Waals surface area contributed by atoms with E-state index in [1.807, 2.05) is 12.1 Å². The number of hydrogen-bond acceptors (Lipinski definition) is 5. The van der Waals surface area contributed by atoms with E-state index in [-0.39, 0.29) is 6.61 Å². The van der Waals surface area contributed by atoms with Crippen molar-refractivity contribution in [2.45, 2.75) is 6.54 Å². The Hall–Kier alpha value is -1.75. The zero-order valence-corrected chi connectivity index (χ0v) is 9.36. The van der Waals surface area contributed by atoms with Crippen LogP contribution in [0.4, 0.5) is 0 Å². The molecule has 16 heavy (non-hydrogen) atoms. The van der Waals surface area contributed by atoms with E-state index in [0.29, 0.717) is 18.0 Å². The molecule has 1 aromatic rings. The Morgan fingerprint density at radius 2 is 2.12 bits per heavy atom. The van der Waals surface area contributed by atoms with E-state index in [1.54, 1.807) is 6.07 Å². The second kappa shape index (κ2) is 5.97.